The van der Waals surface area contributed by atoms with Crippen molar-refractivity contribution in [3.8, 4) is 0 Å². The van der Waals surface area contributed by atoms with Crippen LogP contribution in [-0.4, -0.2) is 16.1 Å². The fraction of sp³-hybridized carbons (Fsp3) is 0.571. The van der Waals surface area contributed by atoms with Crippen molar-refractivity contribution in [1.82, 2.24) is 15.6 Å². The zero-order valence-corrected chi connectivity index (χ0v) is 11.2. The van der Waals surface area contributed by atoms with Gasteiger partial charge in [0.05, 0.1) is 0 Å². The molecule has 2 bridgehead atoms. The van der Waals surface area contributed by atoms with Gasteiger partial charge in [-0.25, -0.2) is 0 Å². The van der Waals surface area contributed by atoms with Gasteiger partial charge in [-0.1, -0.05) is 6.42 Å². The van der Waals surface area contributed by atoms with Crippen molar-refractivity contribution in [1.29, 1.82) is 0 Å². The predicted octanol–water partition coefficient (Wildman–Crippen LogP) is 2.23. The maximum absolute atomic E-state index is 5.37. The van der Waals surface area contributed by atoms with E-state index in [0.717, 1.165) is 23.5 Å². The van der Waals surface area contributed by atoms with Crippen LogP contribution in [0.2, 0.25) is 0 Å². The minimum absolute atomic E-state index is 0.612. The molecule has 1 aromatic heterocycles. The molecule has 0 spiro atoms. The van der Waals surface area contributed by atoms with Gasteiger partial charge in [0.1, 0.15) is 0 Å². The molecule has 2 N–H and O–H groups in total. The Morgan fingerprint density at radius 1 is 1.28 bits per heavy atom. The Balaban J connectivity index is 1.45. The van der Waals surface area contributed by atoms with E-state index in [1.54, 1.807) is 0 Å². The summed E-state index contributed by atoms with van der Waals surface area (Å²) in [6.45, 7) is 0.773. The monoisotopic (exact) mass is 261 g/mol. The molecule has 0 aliphatic heterocycles. The Labute approximate surface area is 113 Å². The van der Waals surface area contributed by atoms with Crippen LogP contribution in [0.4, 0.5) is 0 Å². The Bertz CT molecular complexity index is 420. The molecule has 3 atom stereocenters. The molecule has 0 aromatic carbocycles. The fourth-order valence-corrected chi connectivity index (χ4v) is 3.55. The summed E-state index contributed by atoms with van der Waals surface area (Å²) in [5.41, 5.74) is 1.21. The first kappa shape index (κ1) is 11.9. The molecule has 1 heterocycles. The Morgan fingerprint density at radius 3 is 2.78 bits per heavy atom. The molecule has 96 valence electrons. The molecule has 2 aliphatic carbocycles. The van der Waals surface area contributed by atoms with E-state index in [1.165, 1.54) is 31.2 Å². The number of nitrogens with one attached hydrogen (secondary N) is 2. The zero-order valence-electron chi connectivity index (χ0n) is 10.4. The van der Waals surface area contributed by atoms with Crippen molar-refractivity contribution in [2.75, 3.05) is 0 Å². The quantitative estimate of drug-likeness (QED) is 0.818. The predicted molar refractivity (Wildman–Crippen MR) is 76.0 cm³/mol. The summed E-state index contributed by atoms with van der Waals surface area (Å²) < 4.78 is 0. The molecule has 0 radical (unpaired) electrons. The molecule has 1 aromatic rings. The molecule has 0 unspecified atom stereocenters. The lowest BCUT2D eigenvalue weighted by atomic mass is 9.96. The second kappa shape index (κ2) is 5.22. The summed E-state index contributed by atoms with van der Waals surface area (Å²) in [5, 5.41) is 7.56. The highest BCUT2D eigenvalue weighted by atomic mass is 32.1. The summed E-state index contributed by atoms with van der Waals surface area (Å²) in [7, 11) is 0. The molecule has 3 nitrogen and oxygen atoms in total. The van der Waals surface area contributed by atoms with E-state index < -0.39 is 0 Å². The van der Waals surface area contributed by atoms with Gasteiger partial charge >= 0.3 is 0 Å². The fourth-order valence-electron chi connectivity index (χ4n) is 3.32. The summed E-state index contributed by atoms with van der Waals surface area (Å²) in [6.07, 6.45) is 9.15. The molecule has 4 heteroatoms. The summed E-state index contributed by atoms with van der Waals surface area (Å²) in [4.78, 5) is 4.01. The largest absolute Gasteiger partial charge is 0.360 e. The van der Waals surface area contributed by atoms with Crippen molar-refractivity contribution >= 4 is 17.3 Å². The SMILES string of the molecule is S=C(NCc1ccncc1)N[C@@H]1C[C@H]2CC[C@H]1C2. The van der Waals surface area contributed by atoms with Crippen molar-refractivity contribution in [2.45, 2.75) is 38.3 Å². The summed E-state index contributed by atoms with van der Waals surface area (Å²) >= 11 is 5.37. The molecular weight excluding hydrogens is 242 g/mol. The van der Waals surface area contributed by atoms with Gasteiger partial charge in [0.2, 0.25) is 0 Å². The third kappa shape index (κ3) is 2.64. The molecular formula is C14H19N3S. The van der Waals surface area contributed by atoms with E-state index in [2.05, 4.69) is 15.6 Å². The van der Waals surface area contributed by atoms with E-state index >= 15 is 0 Å². The van der Waals surface area contributed by atoms with E-state index in [4.69, 9.17) is 12.2 Å². The van der Waals surface area contributed by atoms with Crippen LogP contribution in [0.1, 0.15) is 31.2 Å². The van der Waals surface area contributed by atoms with Gasteiger partial charge < -0.3 is 10.6 Å². The first-order chi connectivity index (χ1) is 8.81. The summed E-state index contributed by atoms with van der Waals surface area (Å²) in [6, 6.07) is 4.63. The number of rotatable bonds is 3. The smallest absolute Gasteiger partial charge is 0.166 e. The number of hydrogen-bond donors (Lipinski definition) is 2. The van der Waals surface area contributed by atoms with Gasteiger partial charge in [0, 0.05) is 25.0 Å². The van der Waals surface area contributed by atoms with Gasteiger partial charge in [0.25, 0.3) is 0 Å². The van der Waals surface area contributed by atoms with Crippen molar-refractivity contribution in [3.05, 3.63) is 30.1 Å². The highest BCUT2D eigenvalue weighted by Gasteiger charge is 2.39. The zero-order chi connectivity index (χ0) is 12.4. The number of nitrogens with zero attached hydrogens (tertiary/aromatic N) is 1. The maximum Gasteiger partial charge on any atom is 0.166 e. The minimum atomic E-state index is 0.612. The molecule has 0 amide bonds. The van der Waals surface area contributed by atoms with Crippen LogP contribution in [0.25, 0.3) is 0 Å². The molecule has 2 aliphatic rings. The molecule has 18 heavy (non-hydrogen) atoms. The van der Waals surface area contributed by atoms with Crippen LogP contribution in [0.15, 0.2) is 24.5 Å². The highest BCUT2D eigenvalue weighted by Crippen LogP contribution is 2.44. The van der Waals surface area contributed by atoms with Crippen molar-refractivity contribution in [2.24, 2.45) is 11.8 Å². The van der Waals surface area contributed by atoms with Gasteiger partial charge in [0.15, 0.2) is 5.11 Å². The number of hydrogen-bond acceptors (Lipinski definition) is 2. The first-order valence-corrected chi connectivity index (χ1v) is 7.15. The van der Waals surface area contributed by atoms with E-state index in [0.29, 0.717) is 6.04 Å². The Morgan fingerprint density at radius 2 is 2.11 bits per heavy atom. The second-order valence-corrected chi connectivity index (χ2v) is 5.87. The standard InChI is InChI=1S/C14H19N3S/c18-14(16-9-10-3-5-15-6-4-10)17-13-8-11-1-2-12(13)7-11/h3-6,11-13H,1-2,7-9H2,(H2,16,17,18)/t11-,12-,13+/m0/s1. The van der Waals surface area contributed by atoms with Crippen LogP contribution in [0.5, 0.6) is 0 Å². The van der Waals surface area contributed by atoms with Gasteiger partial charge in [-0.3, -0.25) is 4.98 Å². The minimum Gasteiger partial charge on any atom is -0.360 e. The van der Waals surface area contributed by atoms with Crippen LogP contribution in [-0.2, 0) is 6.54 Å². The molecule has 2 fully saturated rings. The third-order valence-corrected chi connectivity index (χ3v) is 4.52. The average molecular weight is 261 g/mol. The second-order valence-electron chi connectivity index (χ2n) is 5.46. The summed E-state index contributed by atoms with van der Waals surface area (Å²) in [5.74, 6) is 1.81. The lowest BCUT2D eigenvalue weighted by Gasteiger charge is -2.24. The number of aromatic nitrogens is 1. The molecule has 0 saturated heterocycles. The third-order valence-electron chi connectivity index (χ3n) is 4.26. The highest BCUT2D eigenvalue weighted by molar-refractivity contribution is 7.80. The number of fused-ring (bicyclic) bond motifs is 2. The van der Waals surface area contributed by atoms with Crippen LogP contribution < -0.4 is 10.6 Å². The Kier molecular flexibility index (Phi) is 3.46. The molecule has 3 rings (SSSR count). The van der Waals surface area contributed by atoms with Crippen LogP contribution >= 0.6 is 12.2 Å². The van der Waals surface area contributed by atoms with Crippen LogP contribution in [0.3, 0.4) is 0 Å². The van der Waals surface area contributed by atoms with E-state index in [9.17, 15) is 0 Å². The van der Waals surface area contributed by atoms with Gasteiger partial charge in [-0.2, -0.15) is 0 Å². The topological polar surface area (TPSA) is 37.0 Å². The van der Waals surface area contributed by atoms with Gasteiger partial charge in [-0.15, -0.1) is 0 Å². The van der Waals surface area contributed by atoms with Crippen molar-refractivity contribution in [3.63, 3.8) is 0 Å². The van der Waals surface area contributed by atoms with Gasteiger partial charge in [-0.05, 0) is 61.0 Å². The molecule has 2 saturated carbocycles. The lowest BCUT2D eigenvalue weighted by molar-refractivity contribution is 0.389. The van der Waals surface area contributed by atoms with E-state index in [-0.39, 0.29) is 0 Å². The van der Waals surface area contributed by atoms with E-state index in [1.807, 2.05) is 24.5 Å². The van der Waals surface area contributed by atoms with Crippen LogP contribution in [0, 0.1) is 11.8 Å². The first-order valence-electron chi connectivity index (χ1n) is 6.74. The maximum atomic E-state index is 5.37. The normalized spacial score (nSPS) is 29.2. The number of thiocarbonyl (C=S) groups is 1. The lowest BCUT2D eigenvalue weighted by Crippen LogP contribution is -2.43. The Hall–Kier alpha value is -1.16. The van der Waals surface area contributed by atoms with Crippen molar-refractivity contribution < 1.29 is 0 Å². The number of pyridine rings is 1. The average Bonchev–Trinajstić information content (AvgIpc) is 3.00.